The van der Waals surface area contributed by atoms with Crippen LogP contribution in [-0.2, 0) is 4.79 Å². The molecule has 0 fully saturated rings. The van der Waals surface area contributed by atoms with E-state index in [1.807, 2.05) is 30.5 Å². The van der Waals surface area contributed by atoms with E-state index in [9.17, 15) is 4.79 Å². The van der Waals surface area contributed by atoms with Gasteiger partial charge in [-0.2, -0.15) is 0 Å². The number of hydrogen-bond acceptors (Lipinski definition) is 1. The van der Waals surface area contributed by atoms with Gasteiger partial charge in [0.25, 0.3) is 5.91 Å². The smallest absolute Gasteiger partial charge is 0.256 e. The predicted molar refractivity (Wildman–Crippen MR) is 68.7 cm³/mol. The lowest BCUT2D eigenvalue weighted by atomic mass is 10.1. The molecule has 1 aromatic carbocycles. The molecule has 0 spiro atoms. The molecule has 0 atom stereocenters. The molecule has 0 unspecified atom stereocenters. The molecule has 0 saturated heterocycles. The molecule has 1 amide bonds. The van der Waals surface area contributed by atoms with E-state index in [0.29, 0.717) is 10.6 Å². The summed E-state index contributed by atoms with van der Waals surface area (Å²) in [5.41, 5.74) is 3.17. The van der Waals surface area contributed by atoms with Crippen LogP contribution in [0.4, 0.5) is 5.69 Å². The molecule has 1 aliphatic heterocycles. The summed E-state index contributed by atoms with van der Waals surface area (Å²) < 4.78 is 0. The average molecular weight is 245 g/mol. The second-order valence-electron chi connectivity index (χ2n) is 3.83. The van der Waals surface area contributed by atoms with E-state index < -0.39 is 0 Å². The van der Waals surface area contributed by atoms with Crippen molar-refractivity contribution >= 4 is 34.8 Å². The maximum Gasteiger partial charge on any atom is 0.256 e. The fraction of sp³-hybridized carbons (Fsp3) is 0. The van der Waals surface area contributed by atoms with E-state index >= 15 is 0 Å². The van der Waals surface area contributed by atoms with Gasteiger partial charge in [-0.25, -0.2) is 0 Å². The Balaban J connectivity index is 2.13. The zero-order chi connectivity index (χ0) is 11.8. The van der Waals surface area contributed by atoms with Gasteiger partial charge in [-0.3, -0.25) is 4.79 Å². The van der Waals surface area contributed by atoms with Crippen LogP contribution in [0.15, 0.2) is 36.5 Å². The Bertz CT molecular complexity index is 614. The number of hydrogen-bond donors (Lipinski definition) is 2. The second-order valence-corrected chi connectivity index (χ2v) is 4.26. The fourth-order valence-electron chi connectivity index (χ4n) is 1.89. The number of H-pyrrole nitrogens is 1. The van der Waals surface area contributed by atoms with Crippen molar-refractivity contribution < 1.29 is 4.79 Å². The van der Waals surface area contributed by atoms with Gasteiger partial charge in [0.1, 0.15) is 0 Å². The lowest BCUT2D eigenvalue weighted by molar-refractivity contribution is -0.110. The number of anilines is 1. The minimum atomic E-state index is -0.100. The van der Waals surface area contributed by atoms with Gasteiger partial charge in [0.15, 0.2) is 0 Å². The first-order valence-corrected chi connectivity index (χ1v) is 5.58. The molecule has 0 bridgehead atoms. The predicted octanol–water partition coefficient (Wildman–Crippen LogP) is 3.16. The summed E-state index contributed by atoms with van der Waals surface area (Å²) in [7, 11) is 0. The van der Waals surface area contributed by atoms with E-state index in [0.717, 1.165) is 16.9 Å². The van der Waals surface area contributed by atoms with Crippen molar-refractivity contribution in [2.75, 3.05) is 5.32 Å². The van der Waals surface area contributed by atoms with E-state index in [1.54, 1.807) is 12.1 Å². The molecule has 3 nitrogen and oxygen atoms in total. The molecule has 2 N–H and O–H groups in total. The Morgan fingerprint density at radius 2 is 2.12 bits per heavy atom. The number of aromatic amines is 1. The average Bonchev–Trinajstić information content (AvgIpc) is 2.90. The van der Waals surface area contributed by atoms with Crippen LogP contribution >= 0.6 is 11.6 Å². The van der Waals surface area contributed by atoms with E-state index in [1.165, 1.54) is 0 Å². The fourth-order valence-corrected chi connectivity index (χ4v) is 2.07. The number of nitrogens with one attached hydrogen (secondary N) is 2. The summed E-state index contributed by atoms with van der Waals surface area (Å²) in [5.74, 6) is -0.100. The summed E-state index contributed by atoms with van der Waals surface area (Å²) in [4.78, 5) is 14.9. The number of rotatable bonds is 1. The van der Waals surface area contributed by atoms with Gasteiger partial charge in [-0.15, -0.1) is 0 Å². The van der Waals surface area contributed by atoms with E-state index in [2.05, 4.69) is 10.3 Å². The van der Waals surface area contributed by atoms with Gasteiger partial charge in [-0.05, 0) is 36.4 Å². The standard InChI is InChI=1S/C13H9ClN2O/c14-8-3-4-12-10(6-8)11(13(17)16-12)7-9-2-1-5-15-9/h1-7,15H,(H,16,17). The summed E-state index contributed by atoms with van der Waals surface area (Å²) in [6.07, 6.45) is 3.63. The topological polar surface area (TPSA) is 44.9 Å². The highest BCUT2D eigenvalue weighted by Crippen LogP contribution is 2.34. The van der Waals surface area contributed by atoms with Crippen molar-refractivity contribution in [1.29, 1.82) is 0 Å². The number of carbonyl (C=O) groups is 1. The quantitative estimate of drug-likeness (QED) is 0.744. The summed E-state index contributed by atoms with van der Waals surface area (Å²) in [6, 6.07) is 9.16. The lowest BCUT2D eigenvalue weighted by Gasteiger charge is -1.98. The van der Waals surface area contributed by atoms with Crippen LogP contribution in [0.1, 0.15) is 11.3 Å². The van der Waals surface area contributed by atoms with Crippen molar-refractivity contribution in [2.45, 2.75) is 0 Å². The zero-order valence-electron chi connectivity index (χ0n) is 8.83. The molecular weight excluding hydrogens is 236 g/mol. The highest BCUT2D eigenvalue weighted by molar-refractivity contribution is 6.36. The molecule has 17 heavy (non-hydrogen) atoms. The third kappa shape index (κ3) is 1.74. The molecule has 84 valence electrons. The molecule has 0 radical (unpaired) electrons. The molecule has 1 aliphatic rings. The minimum absolute atomic E-state index is 0.100. The van der Waals surface area contributed by atoms with Crippen LogP contribution in [0.25, 0.3) is 11.6 Å². The van der Waals surface area contributed by atoms with Crippen molar-refractivity contribution in [3.63, 3.8) is 0 Å². The van der Waals surface area contributed by atoms with Crippen molar-refractivity contribution in [1.82, 2.24) is 4.98 Å². The maximum absolute atomic E-state index is 11.8. The van der Waals surface area contributed by atoms with Crippen LogP contribution in [0.2, 0.25) is 5.02 Å². The van der Waals surface area contributed by atoms with Gasteiger partial charge in [0.2, 0.25) is 0 Å². The molecular formula is C13H9ClN2O. The number of halogens is 1. The summed E-state index contributed by atoms with van der Waals surface area (Å²) in [6.45, 7) is 0. The summed E-state index contributed by atoms with van der Waals surface area (Å²) in [5, 5.41) is 3.43. The van der Waals surface area contributed by atoms with Crippen molar-refractivity contribution in [3.05, 3.63) is 52.8 Å². The Morgan fingerprint density at radius 3 is 2.88 bits per heavy atom. The largest absolute Gasteiger partial charge is 0.362 e. The molecule has 2 heterocycles. The highest BCUT2D eigenvalue weighted by Gasteiger charge is 2.24. The number of fused-ring (bicyclic) bond motifs is 1. The van der Waals surface area contributed by atoms with Gasteiger partial charge < -0.3 is 10.3 Å². The number of carbonyl (C=O) groups excluding carboxylic acids is 1. The second kappa shape index (κ2) is 3.79. The molecule has 3 rings (SSSR count). The van der Waals surface area contributed by atoms with Crippen LogP contribution in [-0.4, -0.2) is 10.9 Å². The van der Waals surface area contributed by atoms with Crippen LogP contribution in [0.5, 0.6) is 0 Å². The summed E-state index contributed by atoms with van der Waals surface area (Å²) >= 11 is 5.94. The van der Waals surface area contributed by atoms with Crippen LogP contribution in [0, 0.1) is 0 Å². The first-order valence-electron chi connectivity index (χ1n) is 5.20. The zero-order valence-corrected chi connectivity index (χ0v) is 9.58. The van der Waals surface area contributed by atoms with Gasteiger partial charge >= 0.3 is 0 Å². The Labute approximate surface area is 103 Å². The third-order valence-electron chi connectivity index (χ3n) is 2.69. The lowest BCUT2D eigenvalue weighted by Crippen LogP contribution is -2.03. The molecule has 0 saturated carbocycles. The Kier molecular flexibility index (Phi) is 2.27. The third-order valence-corrected chi connectivity index (χ3v) is 2.92. The first kappa shape index (κ1) is 10.2. The van der Waals surface area contributed by atoms with Gasteiger partial charge in [-0.1, -0.05) is 11.6 Å². The van der Waals surface area contributed by atoms with E-state index in [-0.39, 0.29) is 5.91 Å². The maximum atomic E-state index is 11.8. The first-order chi connectivity index (χ1) is 8.24. The van der Waals surface area contributed by atoms with Crippen LogP contribution in [0.3, 0.4) is 0 Å². The normalized spacial score (nSPS) is 16.1. The van der Waals surface area contributed by atoms with Crippen molar-refractivity contribution in [2.24, 2.45) is 0 Å². The number of amides is 1. The van der Waals surface area contributed by atoms with Crippen molar-refractivity contribution in [3.8, 4) is 0 Å². The number of benzene rings is 1. The SMILES string of the molecule is O=C1Nc2ccc(Cl)cc2C1=Cc1ccc[nH]1. The molecule has 0 aliphatic carbocycles. The Hall–Kier alpha value is -2.00. The number of aromatic nitrogens is 1. The van der Waals surface area contributed by atoms with E-state index in [4.69, 9.17) is 11.6 Å². The van der Waals surface area contributed by atoms with Crippen LogP contribution < -0.4 is 5.32 Å². The molecule has 2 aromatic rings. The Morgan fingerprint density at radius 1 is 1.24 bits per heavy atom. The van der Waals surface area contributed by atoms with Gasteiger partial charge in [0.05, 0.1) is 5.57 Å². The minimum Gasteiger partial charge on any atom is -0.362 e. The van der Waals surface area contributed by atoms with Gasteiger partial charge in [0, 0.05) is 28.2 Å². The monoisotopic (exact) mass is 244 g/mol. The molecule has 4 heteroatoms. The highest BCUT2D eigenvalue weighted by atomic mass is 35.5. The molecule has 1 aromatic heterocycles.